The molecular weight excluding hydrogens is 194 g/mol. The summed E-state index contributed by atoms with van der Waals surface area (Å²) in [6, 6.07) is 11.2. The Kier molecular flexibility index (Phi) is 3.29. The smallest absolute Gasteiger partial charge is 0.0693 e. The molecule has 0 spiro atoms. The first-order chi connectivity index (χ1) is 7.74. The van der Waals surface area contributed by atoms with Crippen LogP contribution in [0.25, 0.3) is 0 Å². The summed E-state index contributed by atoms with van der Waals surface area (Å²) >= 11 is 0. The fourth-order valence-electron chi connectivity index (χ4n) is 2.77. The van der Waals surface area contributed by atoms with Gasteiger partial charge in [0.25, 0.3) is 0 Å². The average molecular weight is 213 g/mol. The molecule has 1 saturated carbocycles. The monoisotopic (exact) mass is 213 g/mol. The number of rotatable bonds is 2. The number of nitriles is 1. The Labute approximate surface area is 98.1 Å². The minimum Gasteiger partial charge on any atom is -0.198 e. The maximum absolute atomic E-state index is 9.42. The van der Waals surface area contributed by atoms with E-state index in [4.69, 9.17) is 0 Å². The molecule has 2 rings (SSSR count). The van der Waals surface area contributed by atoms with Crippen LogP contribution in [0.15, 0.2) is 24.3 Å². The summed E-state index contributed by atoms with van der Waals surface area (Å²) in [5.41, 5.74) is 2.54. The Morgan fingerprint density at radius 1 is 1.25 bits per heavy atom. The fraction of sp³-hybridized carbons (Fsp3) is 0.533. The molecule has 1 aromatic rings. The maximum Gasteiger partial charge on any atom is 0.0693 e. The third kappa shape index (κ3) is 2.44. The summed E-state index contributed by atoms with van der Waals surface area (Å²) in [6.07, 6.45) is 6.84. The molecule has 1 nitrogen and oxygen atoms in total. The second kappa shape index (κ2) is 4.70. The summed E-state index contributed by atoms with van der Waals surface area (Å²) < 4.78 is 0. The molecule has 1 aliphatic rings. The zero-order valence-corrected chi connectivity index (χ0v) is 10.00. The molecule has 0 aliphatic heterocycles. The first kappa shape index (κ1) is 11.2. The number of hydrogen-bond acceptors (Lipinski definition) is 1. The molecule has 1 aromatic carbocycles. The van der Waals surface area contributed by atoms with E-state index in [1.807, 2.05) is 0 Å². The molecular formula is C15H19N. The van der Waals surface area contributed by atoms with Gasteiger partial charge in [-0.05, 0) is 31.7 Å². The average Bonchev–Trinajstić information content (AvgIpc) is 2.30. The normalized spacial score (nSPS) is 19.0. The zero-order chi connectivity index (χ0) is 11.4. The maximum atomic E-state index is 9.42. The number of aryl methyl sites for hydroxylation is 1. The molecule has 84 valence electrons. The highest BCUT2D eigenvalue weighted by atomic mass is 14.4. The van der Waals surface area contributed by atoms with Crippen LogP contribution in [0.1, 0.15) is 43.2 Å². The van der Waals surface area contributed by atoms with E-state index >= 15 is 0 Å². The van der Waals surface area contributed by atoms with Gasteiger partial charge in [-0.3, -0.25) is 0 Å². The van der Waals surface area contributed by atoms with Gasteiger partial charge in [0.1, 0.15) is 0 Å². The third-order valence-corrected chi connectivity index (χ3v) is 3.67. The molecule has 0 aromatic heterocycles. The molecule has 1 heteroatoms. The summed E-state index contributed by atoms with van der Waals surface area (Å²) in [7, 11) is 0. The van der Waals surface area contributed by atoms with Gasteiger partial charge in [-0.1, -0.05) is 49.1 Å². The molecule has 0 amide bonds. The van der Waals surface area contributed by atoms with Gasteiger partial charge in [-0.15, -0.1) is 0 Å². The summed E-state index contributed by atoms with van der Waals surface area (Å²) in [5, 5.41) is 9.42. The van der Waals surface area contributed by atoms with Crippen molar-refractivity contribution < 1.29 is 0 Å². The fourth-order valence-corrected chi connectivity index (χ4v) is 2.77. The lowest BCUT2D eigenvalue weighted by Crippen LogP contribution is -2.24. The van der Waals surface area contributed by atoms with E-state index in [0.29, 0.717) is 0 Å². The Hall–Kier alpha value is -1.29. The van der Waals surface area contributed by atoms with E-state index in [0.717, 1.165) is 19.3 Å². The van der Waals surface area contributed by atoms with E-state index < -0.39 is 0 Å². The van der Waals surface area contributed by atoms with Gasteiger partial charge in [0.05, 0.1) is 11.5 Å². The minimum absolute atomic E-state index is 0.0773. The minimum atomic E-state index is -0.0773. The van der Waals surface area contributed by atoms with Crippen molar-refractivity contribution in [3.05, 3.63) is 35.4 Å². The summed E-state index contributed by atoms with van der Waals surface area (Å²) in [4.78, 5) is 0. The number of nitrogens with zero attached hydrogens (tertiary/aromatic N) is 1. The summed E-state index contributed by atoms with van der Waals surface area (Å²) in [6.45, 7) is 2.11. The van der Waals surface area contributed by atoms with Gasteiger partial charge in [0.2, 0.25) is 0 Å². The topological polar surface area (TPSA) is 23.8 Å². The van der Waals surface area contributed by atoms with E-state index in [-0.39, 0.29) is 5.41 Å². The molecule has 1 fully saturated rings. The Bertz CT molecular complexity index is 394. The molecule has 0 atom stereocenters. The van der Waals surface area contributed by atoms with E-state index in [1.54, 1.807) is 0 Å². The molecule has 1 aliphatic carbocycles. The van der Waals surface area contributed by atoms with Gasteiger partial charge < -0.3 is 0 Å². The zero-order valence-electron chi connectivity index (χ0n) is 10.00. The van der Waals surface area contributed by atoms with Gasteiger partial charge >= 0.3 is 0 Å². The van der Waals surface area contributed by atoms with Crippen molar-refractivity contribution in [2.24, 2.45) is 5.41 Å². The molecule has 0 N–H and O–H groups in total. The van der Waals surface area contributed by atoms with Crippen LogP contribution in [0, 0.1) is 23.7 Å². The Morgan fingerprint density at radius 3 is 2.62 bits per heavy atom. The van der Waals surface area contributed by atoms with Crippen molar-refractivity contribution in [2.45, 2.75) is 45.4 Å². The highest BCUT2D eigenvalue weighted by molar-refractivity contribution is 5.25. The molecule has 0 saturated heterocycles. The molecule has 0 heterocycles. The first-order valence-electron chi connectivity index (χ1n) is 6.21. The quantitative estimate of drug-likeness (QED) is 0.728. The second-order valence-corrected chi connectivity index (χ2v) is 5.12. The Balaban J connectivity index is 2.15. The van der Waals surface area contributed by atoms with Gasteiger partial charge in [-0.25, -0.2) is 0 Å². The van der Waals surface area contributed by atoms with E-state index in [1.165, 1.54) is 30.4 Å². The van der Waals surface area contributed by atoms with Crippen molar-refractivity contribution in [2.75, 3.05) is 0 Å². The molecule has 0 bridgehead atoms. The van der Waals surface area contributed by atoms with Crippen molar-refractivity contribution in [3.63, 3.8) is 0 Å². The lowest BCUT2D eigenvalue weighted by molar-refractivity contribution is 0.266. The van der Waals surface area contributed by atoms with E-state index in [2.05, 4.69) is 37.3 Å². The Morgan fingerprint density at radius 2 is 2.00 bits per heavy atom. The predicted octanol–water partition coefficient (Wildman–Crippen LogP) is 4.01. The highest BCUT2D eigenvalue weighted by Crippen LogP contribution is 2.38. The van der Waals surface area contributed by atoms with Crippen LogP contribution in [0.4, 0.5) is 0 Å². The van der Waals surface area contributed by atoms with Crippen LogP contribution in [0.2, 0.25) is 0 Å². The molecule has 0 unspecified atom stereocenters. The lowest BCUT2D eigenvalue weighted by Gasteiger charge is -2.30. The SMILES string of the molecule is Cc1cccc(CC2(C#N)CCCCC2)c1. The van der Waals surface area contributed by atoms with Gasteiger partial charge in [0.15, 0.2) is 0 Å². The number of benzene rings is 1. The van der Waals surface area contributed by atoms with Crippen LogP contribution >= 0.6 is 0 Å². The third-order valence-electron chi connectivity index (χ3n) is 3.67. The standard InChI is InChI=1S/C15H19N/c1-13-6-5-7-14(10-13)11-15(12-16)8-3-2-4-9-15/h5-7,10H,2-4,8-9,11H2,1H3. The van der Waals surface area contributed by atoms with E-state index in [9.17, 15) is 5.26 Å². The van der Waals surface area contributed by atoms with Crippen LogP contribution in [-0.2, 0) is 6.42 Å². The van der Waals surface area contributed by atoms with Gasteiger partial charge in [0, 0.05) is 0 Å². The largest absolute Gasteiger partial charge is 0.198 e. The predicted molar refractivity (Wildman–Crippen MR) is 66.0 cm³/mol. The van der Waals surface area contributed by atoms with Crippen molar-refractivity contribution in [1.29, 1.82) is 5.26 Å². The highest BCUT2D eigenvalue weighted by Gasteiger charge is 2.31. The van der Waals surface area contributed by atoms with Crippen LogP contribution in [-0.4, -0.2) is 0 Å². The molecule has 16 heavy (non-hydrogen) atoms. The van der Waals surface area contributed by atoms with Crippen LogP contribution < -0.4 is 0 Å². The van der Waals surface area contributed by atoms with Crippen LogP contribution in [0.3, 0.4) is 0 Å². The lowest BCUT2D eigenvalue weighted by atomic mass is 9.71. The second-order valence-electron chi connectivity index (χ2n) is 5.12. The number of hydrogen-bond donors (Lipinski definition) is 0. The van der Waals surface area contributed by atoms with Crippen molar-refractivity contribution in [3.8, 4) is 6.07 Å². The first-order valence-corrected chi connectivity index (χ1v) is 6.21. The van der Waals surface area contributed by atoms with Crippen molar-refractivity contribution >= 4 is 0 Å². The molecule has 0 radical (unpaired) electrons. The van der Waals surface area contributed by atoms with Crippen molar-refractivity contribution in [1.82, 2.24) is 0 Å². The van der Waals surface area contributed by atoms with Gasteiger partial charge in [-0.2, -0.15) is 5.26 Å². The van der Waals surface area contributed by atoms with Crippen LogP contribution in [0.5, 0.6) is 0 Å². The summed E-state index contributed by atoms with van der Waals surface area (Å²) in [5.74, 6) is 0.